The number of carbonyl (C=O) groups excluding carboxylic acids is 1. The van der Waals surface area contributed by atoms with Gasteiger partial charge in [-0.15, -0.1) is 0 Å². The molecule has 0 aliphatic carbocycles. The van der Waals surface area contributed by atoms with E-state index >= 15 is 0 Å². The topological polar surface area (TPSA) is 107 Å². The van der Waals surface area contributed by atoms with Crippen LogP contribution in [0.25, 0.3) is 0 Å². The van der Waals surface area contributed by atoms with Crippen molar-refractivity contribution in [2.75, 3.05) is 0 Å². The van der Waals surface area contributed by atoms with Gasteiger partial charge in [-0.2, -0.15) is 0 Å². The molecule has 0 fully saturated rings. The maximum Gasteiger partial charge on any atom is 2.00 e. The number of carboxylic acid groups (broad SMARTS) is 2. The first-order chi connectivity index (χ1) is 4.13. The minimum absolute atomic E-state index is 0. The van der Waals surface area contributed by atoms with Gasteiger partial charge in [-0.05, 0) is 6.16 Å². The van der Waals surface area contributed by atoms with E-state index in [0.29, 0.717) is 11.9 Å². The van der Waals surface area contributed by atoms with Gasteiger partial charge in [0.15, 0.2) is 0 Å². The third-order valence-electron chi connectivity index (χ3n) is 0.204. The van der Waals surface area contributed by atoms with Crippen LogP contribution in [0.15, 0.2) is 12.5 Å². The van der Waals surface area contributed by atoms with Gasteiger partial charge in [-0.3, -0.25) is 7.70 Å². The molecule has 0 aliphatic heterocycles. The third kappa shape index (κ3) is 10.3. The average Bonchev–Trinajstić information content (AvgIpc) is 1.59. The molecule has 0 aromatic carbocycles. The largest absolute Gasteiger partial charge is 2.00 e. The van der Waals surface area contributed by atoms with Gasteiger partial charge >= 0.3 is 22.9 Å². The molecule has 57 valence electrons. The van der Waals surface area contributed by atoms with Crippen molar-refractivity contribution in [3.05, 3.63) is 10.6 Å². The average molecular weight is 207 g/mol. The van der Waals surface area contributed by atoms with E-state index < -0.39 is 12.0 Å². The zero-order chi connectivity index (χ0) is 7.28. The number of rotatable bonds is 0. The summed E-state index contributed by atoms with van der Waals surface area (Å²) in [5, 5.41) is 16.7. The van der Waals surface area contributed by atoms with Gasteiger partial charge in [0.05, 0.1) is 0 Å². The molecule has 0 unspecified atom stereocenters. The van der Waals surface area contributed by atoms with E-state index in [1.54, 1.807) is 0 Å². The zero-order valence-electron chi connectivity index (χ0n) is 4.24. The molecule has 8 heteroatoms. The van der Waals surface area contributed by atoms with E-state index in [1.165, 1.54) is 0 Å². The molecule has 0 N–H and O–H groups in total. The van der Waals surface area contributed by atoms with Crippen LogP contribution in [-0.4, -0.2) is 6.16 Å². The molecule has 0 saturated carbocycles. The quantitative estimate of drug-likeness (QED) is 0.448. The Kier molecular flexibility index (Phi) is 7.68. The van der Waals surface area contributed by atoms with Gasteiger partial charge in [-0.1, -0.05) is 0 Å². The Morgan fingerprint density at radius 2 is 1.60 bits per heavy atom. The summed E-state index contributed by atoms with van der Waals surface area (Å²) in [6, 6.07) is 0. The first-order valence-corrected chi connectivity index (χ1v) is 2.22. The summed E-state index contributed by atoms with van der Waals surface area (Å²) in [5.74, 6) is -0.602. The molecule has 1 aromatic heterocycles. The molecule has 0 amide bonds. The normalized spacial score (nSPS) is 6.80. The zero-order valence-corrected chi connectivity index (χ0v) is 6.23. The van der Waals surface area contributed by atoms with Gasteiger partial charge in [0.25, 0.3) is 11.9 Å². The van der Waals surface area contributed by atoms with Crippen molar-refractivity contribution in [1.82, 2.24) is 0 Å². The molecule has 0 bridgehead atoms. The monoisotopic (exact) mass is 207 g/mol. The molecule has 0 aliphatic rings. The second-order valence-corrected chi connectivity index (χ2v) is 1.20. The van der Waals surface area contributed by atoms with Crippen molar-refractivity contribution in [3.63, 3.8) is 0 Å². The Balaban J connectivity index is 0. The molecular formula is C2MnO6S. The Bertz CT molecular complexity index is 192. The molecule has 1 rings (SSSR count). The van der Waals surface area contributed by atoms with E-state index in [2.05, 4.69) is 7.70 Å². The molecule has 6 nitrogen and oxygen atoms in total. The second-order valence-electron chi connectivity index (χ2n) is 0.735. The van der Waals surface area contributed by atoms with Crippen molar-refractivity contribution < 1.29 is 39.8 Å². The molecule has 10 heavy (non-hydrogen) atoms. The van der Waals surface area contributed by atoms with Gasteiger partial charge in [-0.25, -0.2) is 4.79 Å². The summed E-state index contributed by atoms with van der Waals surface area (Å²) in [6.45, 7) is 0. The summed E-state index contributed by atoms with van der Waals surface area (Å²) >= 11 is 0.696. The van der Waals surface area contributed by atoms with Crippen LogP contribution in [-0.2, 0) is 17.1 Å². The first-order valence-electron chi connectivity index (χ1n) is 1.56. The molecule has 1 radical (unpaired) electrons. The van der Waals surface area contributed by atoms with Gasteiger partial charge in [0.1, 0.15) is 0 Å². The smallest absolute Gasteiger partial charge is 0.652 e. The Hall–Kier alpha value is -0.721. The predicted octanol–water partition coefficient (Wildman–Crippen LogP) is -2.16. The summed E-state index contributed by atoms with van der Waals surface area (Å²) in [5.41, 5.74) is 0. The summed E-state index contributed by atoms with van der Waals surface area (Å²) < 4.78 is 7.97. The van der Waals surface area contributed by atoms with E-state index in [0.717, 1.165) is 0 Å². The van der Waals surface area contributed by atoms with Crippen LogP contribution in [0.3, 0.4) is 0 Å². The molecular weight excluding hydrogens is 207 g/mol. The van der Waals surface area contributed by atoms with Crippen LogP contribution in [0.4, 0.5) is 4.79 Å². The third-order valence-corrected chi connectivity index (χ3v) is 0.612. The predicted molar refractivity (Wildman–Crippen MR) is 20.5 cm³/mol. The van der Waals surface area contributed by atoms with E-state index in [4.69, 9.17) is 15.0 Å². The van der Waals surface area contributed by atoms with Crippen LogP contribution in [0.5, 0.6) is 0 Å². The van der Waals surface area contributed by atoms with Gasteiger partial charge < -0.3 is 15.0 Å². The molecule has 1 heterocycles. The molecule has 1 aromatic rings. The van der Waals surface area contributed by atoms with Crippen molar-refractivity contribution >= 4 is 18.1 Å². The minimum atomic E-state index is -2.33. The van der Waals surface area contributed by atoms with Crippen LogP contribution in [0.2, 0.25) is 0 Å². The first kappa shape index (κ1) is 12.0. The molecule has 0 saturated heterocycles. The fourth-order valence-corrected chi connectivity index (χ4v) is 0.185. The minimum Gasteiger partial charge on any atom is -0.652 e. The summed E-state index contributed by atoms with van der Waals surface area (Å²) in [4.78, 5) is 17.8. The van der Waals surface area contributed by atoms with Crippen LogP contribution in [0.1, 0.15) is 0 Å². The Morgan fingerprint density at radius 1 is 1.40 bits per heavy atom. The molecule has 0 spiro atoms. The Labute approximate surface area is 69.0 Å². The van der Waals surface area contributed by atoms with Crippen molar-refractivity contribution in [2.45, 2.75) is 0 Å². The fourth-order valence-electron chi connectivity index (χ4n) is 0.0618. The summed E-state index contributed by atoms with van der Waals surface area (Å²) in [6.07, 6.45) is -2.33. The maximum atomic E-state index is 9.43. The van der Waals surface area contributed by atoms with Gasteiger partial charge in [0.2, 0.25) is 0 Å². The summed E-state index contributed by atoms with van der Waals surface area (Å²) in [7, 11) is 0. The number of hydrogen-bond acceptors (Lipinski definition) is 7. The second kappa shape index (κ2) is 6.40. The SMILES string of the molecule is O=C([O-])[O-].O=c1oso1.[Mn+2]. The van der Waals surface area contributed by atoms with Crippen molar-refractivity contribution in [1.29, 1.82) is 0 Å². The Morgan fingerprint density at radius 3 is 1.60 bits per heavy atom. The van der Waals surface area contributed by atoms with Crippen molar-refractivity contribution in [2.24, 2.45) is 0 Å². The van der Waals surface area contributed by atoms with E-state index in [9.17, 15) is 4.79 Å². The number of carbonyl (C=O) groups is 1. The van der Waals surface area contributed by atoms with Crippen LogP contribution in [0, 0.1) is 0 Å². The maximum absolute atomic E-state index is 9.43. The van der Waals surface area contributed by atoms with Gasteiger partial charge in [0, 0.05) is 0 Å². The molecule has 0 atom stereocenters. The van der Waals surface area contributed by atoms with Crippen LogP contribution >= 0.6 is 11.9 Å². The number of hydrogen-bond donors (Lipinski definition) is 0. The van der Waals surface area contributed by atoms with Crippen LogP contribution < -0.4 is 16.0 Å². The van der Waals surface area contributed by atoms with E-state index in [1.807, 2.05) is 0 Å². The van der Waals surface area contributed by atoms with E-state index in [-0.39, 0.29) is 17.1 Å². The fraction of sp³-hybridized carbons (Fsp3) is 0. The van der Waals surface area contributed by atoms with Crippen molar-refractivity contribution in [3.8, 4) is 0 Å². The standard InChI is InChI=1S/CO3S.CH2O3.Mn/c2-1-3-5-4-1;2-1(3)4;/h;(H2,2,3,4);/q;;+2/p-2.